The molecule has 2 rings (SSSR count). The highest BCUT2D eigenvalue weighted by atomic mass is 32.2. The molecule has 0 aliphatic rings. The van der Waals surface area contributed by atoms with Gasteiger partial charge in [0.25, 0.3) is 0 Å². The lowest BCUT2D eigenvalue weighted by atomic mass is 10.1. The summed E-state index contributed by atoms with van der Waals surface area (Å²) in [5.41, 5.74) is 2.18. The lowest BCUT2D eigenvalue weighted by Gasteiger charge is -2.02. The number of H-pyrrole nitrogens is 1. The molecule has 0 unspecified atom stereocenters. The largest absolute Gasteiger partial charge is 0.461 e. The average molecular weight is 368 g/mol. The first-order valence-electron chi connectivity index (χ1n) is 7.57. The molecule has 0 aliphatic heterocycles. The summed E-state index contributed by atoms with van der Waals surface area (Å²) in [4.78, 5) is 27.4. The molecule has 0 aromatic carbocycles. The van der Waals surface area contributed by atoms with Crippen molar-refractivity contribution in [3.63, 3.8) is 0 Å². The maximum absolute atomic E-state index is 12.5. The van der Waals surface area contributed by atoms with Crippen LogP contribution in [-0.4, -0.2) is 45.8 Å². The van der Waals surface area contributed by atoms with Crippen LogP contribution in [0.15, 0.2) is 4.34 Å². The average Bonchev–Trinajstić information content (AvgIpc) is 3.10. The van der Waals surface area contributed by atoms with Crippen LogP contribution >= 0.6 is 23.1 Å². The number of esters is 1. The summed E-state index contributed by atoms with van der Waals surface area (Å²) in [5, 5.41) is 11.9. The van der Waals surface area contributed by atoms with Gasteiger partial charge in [-0.1, -0.05) is 23.1 Å². The van der Waals surface area contributed by atoms with Gasteiger partial charge in [0.1, 0.15) is 5.69 Å². The fourth-order valence-corrected chi connectivity index (χ4v) is 3.96. The minimum absolute atomic E-state index is 0.0537. The van der Waals surface area contributed by atoms with Gasteiger partial charge in [-0.25, -0.2) is 4.79 Å². The van der Waals surface area contributed by atoms with Crippen LogP contribution in [0, 0.1) is 13.8 Å². The standard InChI is InChI=1S/C15H20N4O3S2/c1-5-16-14-18-19-15(24-14)23-7-10(20)11-8(3)12(17-9(11)4)13(21)22-6-2/h17H,5-7H2,1-4H3,(H,16,18). The van der Waals surface area contributed by atoms with Crippen molar-refractivity contribution in [1.82, 2.24) is 15.2 Å². The summed E-state index contributed by atoms with van der Waals surface area (Å²) in [6, 6.07) is 0. The van der Waals surface area contributed by atoms with E-state index in [9.17, 15) is 9.59 Å². The lowest BCUT2D eigenvalue weighted by Crippen LogP contribution is -2.08. The van der Waals surface area contributed by atoms with Gasteiger partial charge in [0.05, 0.1) is 12.4 Å². The highest BCUT2D eigenvalue weighted by Crippen LogP contribution is 2.27. The van der Waals surface area contributed by atoms with E-state index in [1.165, 1.54) is 23.1 Å². The molecule has 0 fully saturated rings. The molecule has 9 heteroatoms. The second kappa shape index (κ2) is 8.29. The number of carbonyl (C=O) groups excluding carboxylic acids is 2. The summed E-state index contributed by atoms with van der Waals surface area (Å²) >= 11 is 2.76. The Bertz CT molecular complexity index is 739. The number of aryl methyl sites for hydroxylation is 1. The van der Waals surface area contributed by atoms with Crippen LogP contribution in [0.3, 0.4) is 0 Å². The first kappa shape index (κ1) is 18.5. The molecule has 0 saturated heterocycles. The number of ketones is 1. The van der Waals surface area contributed by atoms with Crippen LogP contribution < -0.4 is 5.32 Å². The fourth-order valence-electron chi connectivity index (χ4n) is 2.27. The number of Topliss-reactive ketones (excluding diaryl/α,β-unsaturated/α-hetero) is 1. The number of aromatic amines is 1. The zero-order valence-corrected chi connectivity index (χ0v) is 15.7. The second-order valence-corrected chi connectivity index (χ2v) is 7.16. The Morgan fingerprint density at radius 1 is 1.29 bits per heavy atom. The van der Waals surface area contributed by atoms with Crippen LogP contribution in [0.5, 0.6) is 0 Å². The number of ether oxygens (including phenoxy) is 1. The van der Waals surface area contributed by atoms with Gasteiger partial charge in [-0.3, -0.25) is 4.79 Å². The molecule has 24 heavy (non-hydrogen) atoms. The van der Waals surface area contributed by atoms with E-state index in [-0.39, 0.29) is 11.5 Å². The predicted octanol–water partition coefficient (Wildman–Crippen LogP) is 3.07. The molecule has 2 aromatic heterocycles. The molecular weight excluding hydrogens is 348 g/mol. The third-order valence-electron chi connectivity index (χ3n) is 3.26. The number of anilines is 1. The van der Waals surface area contributed by atoms with Crippen molar-refractivity contribution < 1.29 is 14.3 Å². The Morgan fingerprint density at radius 3 is 2.71 bits per heavy atom. The van der Waals surface area contributed by atoms with Gasteiger partial charge in [-0.2, -0.15) is 0 Å². The van der Waals surface area contributed by atoms with E-state index in [1.54, 1.807) is 20.8 Å². The van der Waals surface area contributed by atoms with Crippen LogP contribution in [0.25, 0.3) is 0 Å². The molecule has 0 amide bonds. The summed E-state index contributed by atoms with van der Waals surface area (Å²) in [6.07, 6.45) is 0. The first-order chi connectivity index (χ1) is 11.5. The van der Waals surface area contributed by atoms with Crippen molar-refractivity contribution in [2.24, 2.45) is 0 Å². The van der Waals surface area contributed by atoms with Gasteiger partial charge in [0.15, 0.2) is 10.1 Å². The maximum atomic E-state index is 12.5. The molecule has 0 aliphatic carbocycles. The second-order valence-electron chi connectivity index (χ2n) is 4.96. The molecule has 0 atom stereocenters. The Balaban J connectivity index is 2.07. The fraction of sp³-hybridized carbons (Fsp3) is 0.467. The van der Waals surface area contributed by atoms with E-state index < -0.39 is 5.97 Å². The van der Waals surface area contributed by atoms with E-state index in [2.05, 4.69) is 20.5 Å². The molecular formula is C15H20N4O3S2. The summed E-state index contributed by atoms with van der Waals surface area (Å²) in [7, 11) is 0. The Kier molecular flexibility index (Phi) is 6.38. The zero-order chi connectivity index (χ0) is 17.7. The third-order valence-corrected chi connectivity index (χ3v) is 5.27. The van der Waals surface area contributed by atoms with Crippen molar-refractivity contribution >= 4 is 40.0 Å². The van der Waals surface area contributed by atoms with Gasteiger partial charge in [0.2, 0.25) is 5.13 Å². The molecule has 0 saturated carbocycles. The van der Waals surface area contributed by atoms with Crippen LogP contribution in [0.2, 0.25) is 0 Å². The van der Waals surface area contributed by atoms with Crippen molar-refractivity contribution in [3.8, 4) is 0 Å². The van der Waals surface area contributed by atoms with E-state index in [1.807, 2.05) is 6.92 Å². The highest BCUT2D eigenvalue weighted by Gasteiger charge is 2.23. The number of rotatable bonds is 8. The van der Waals surface area contributed by atoms with E-state index in [0.717, 1.165) is 16.0 Å². The quantitative estimate of drug-likeness (QED) is 0.420. The molecule has 130 valence electrons. The number of carbonyl (C=O) groups is 2. The topological polar surface area (TPSA) is 97.0 Å². The zero-order valence-electron chi connectivity index (χ0n) is 14.1. The molecule has 2 aromatic rings. The van der Waals surface area contributed by atoms with E-state index in [0.29, 0.717) is 29.1 Å². The van der Waals surface area contributed by atoms with Gasteiger partial charge >= 0.3 is 5.97 Å². The highest BCUT2D eigenvalue weighted by molar-refractivity contribution is 8.01. The van der Waals surface area contributed by atoms with Crippen molar-refractivity contribution in [1.29, 1.82) is 0 Å². The Morgan fingerprint density at radius 2 is 2.04 bits per heavy atom. The molecule has 2 heterocycles. The molecule has 0 spiro atoms. The number of hydrogen-bond acceptors (Lipinski definition) is 8. The van der Waals surface area contributed by atoms with Crippen LogP contribution in [0.1, 0.15) is 46.0 Å². The van der Waals surface area contributed by atoms with E-state index >= 15 is 0 Å². The number of hydrogen-bond donors (Lipinski definition) is 2. The monoisotopic (exact) mass is 368 g/mol. The molecule has 0 radical (unpaired) electrons. The number of nitrogens with one attached hydrogen (secondary N) is 2. The number of aromatic nitrogens is 3. The number of nitrogens with zero attached hydrogens (tertiary/aromatic N) is 2. The van der Waals surface area contributed by atoms with Gasteiger partial charge < -0.3 is 15.0 Å². The number of thioether (sulfide) groups is 1. The summed E-state index contributed by atoms with van der Waals surface area (Å²) in [5.74, 6) is -0.256. The van der Waals surface area contributed by atoms with E-state index in [4.69, 9.17) is 4.74 Å². The Labute approximate surface area is 148 Å². The van der Waals surface area contributed by atoms with Crippen molar-refractivity contribution in [2.75, 3.05) is 24.2 Å². The minimum atomic E-state index is -0.441. The summed E-state index contributed by atoms with van der Waals surface area (Å²) in [6.45, 7) is 8.33. The Hall–Kier alpha value is -1.87. The maximum Gasteiger partial charge on any atom is 0.355 e. The molecule has 7 nitrogen and oxygen atoms in total. The van der Waals surface area contributed by atoms with Crippen molar-refractivity contribution in [2.45, 2.75) is 32.0 Å². The smallest absolute Gasteiger partial charge is 0.355 e. The molecule has 2 N–H and O–H groups in total. The predicted molar refractivity (Wildman–Crippen MR) is 95.4 cm³/mol. The normalized spacial score (nSPS) is 10.7. The summed E-state index contributed by atoms with van der Waals surface area (Å²) < 4.78 is 5.73. The minimum Gasteiger partial charge on any atom is -0.461 e. The SMILES string of the molecule is CCNc1nnc(SCC(=O)c2c(C)[nH]c(C(=O)OCC)c2C)s1. The van der Waals surface area contributed by atoms with Gasteiger partial charge in [-0.05, 0) is 33.3 Å². The van der Waals surface area contributed by atoms with Crippen LogP contribution in [-0.2, 0) is 4.74 Å². The van der Waals surface area contributed by atoms with Gasteiger partial charge in [-0.15, -0.1) is 10.2 Å². The van der Waals surface area contributed by atoms with Crippen LogP contribution in [0.4, 0.5) is 5.13 Å². The van der Waals surface area contributed by atoms with Gasteiger partial charge in [0, 0.05) is 17.8 Å². The lowest BCUT2D eigenvalue weighted by molar-refractivity contribution is 0.0519. The third kappa shape index (κ3) is 4.15. The first-order valence-corrected chi connectivity index (χ1v) is 9.37. The molecule has 0 bridgehead atoms. The van der Waals surface area contributed by atoms with Crippen molar-refractivity contribution in [3.05, 3.63) is 22.5 Å².